The zero-order valence-corrected chi connectivity index (χ0v) is 14.5. The predicted molar refractivity (Wildman–Crippen MR) is 94.8 cm³/mol. The summed E-state index contributed by atoms with van der Waals surface area (Å²) in [6, 6.07) is 10.8. The summed E-state index contributed by atoms with van der Waals surface area (Å²) in [7, 11) is 4.04. The highest BCUT2D eigenvalue weighted by molar-refractivity contribution is 5.77. The van der Waals surface area contributed by atoms with E-state index in [2.05, 4.69) is 34.0 Å². The van der Waals surface area contributed by atoms with Crippen LogP contribution in [0.5, 0.6) is 0 Å². The molecule has 1 heterocycles. The normalized spacial score (nSPS) is 15.5. The Kier molecular flexibility index (Phi) is 5.30. The van der Waals surface area contributed by atoms with Crippen LogP contribution in [0.1, 0.15) is 36.6 Å². The summed E-state index contributed by atoms with van der Waals surface area (Å²) in [5, 5.41) is 0. The summed E-state index contributed by atoms with van der Waals surface area (Å²) in [6.07, 6.45) is 6.57. The molecule has 0 spiro atoms. The summed E-state index contributed by atoms with van der Waals surface area (Å²) < 4.78 is 0. The van der Waals surface area contributed by atoms with Crippen LogP contribution in [0.15, 0.2) is 42.7 Å². The number of likely N-dealkylation sites (N-methyl/N-ethyl adjacent to an activating group) is 2. The molecule has 1 aromatic carbocycles. The lowest BCUT2D eigenvalue weighted by Gasteiger charge is -2.24. The lowest BCUT2D eigenvalue weighted by Crippen LogP contribution is -2.36. The molecule has 0 unspecified atom stereocenters. The van der Waals surface area contributed by atoms with E-state index in [1.807, 2.05) is 36.3 Å². The molecule has 0 bridgehead atoms. The molecule has 3 rings (SSSR count). The van der Waals surface area contributed by atoms with Gasteiger partial charge in [-0.05, 0) is 25.5 Å². The Hall–Kier alpha value is -2.14. The molecule has 128 valence electrons. The van der Waals surface area contributed by atoms with Gasteiger partial charge in [-0.15, -0.1) is 0 Å². The van der Waals surface area contributed by atoms with Crippen LogP contribution in [0, 0.1) is 0 Å². The van der Waals surface area contributed by atoms with E-state index in [1.54, 1.807) is 6.20 Å². The van der Waals surface area contributed by atoms with Gasteiger partial charge in [-0.3, -0.25) is 4.79 Å². The SMILES string of the molecule is CN(CCN(C)C1CC1)C(=O)C[C@H](c1ccccc1)c1ncc[nH]1. The van der Waals surface area contributed by atoms with Crippen LogP contribution in [-0.4, -0.2) is 58.9 Å². The van der Waals surface area contributed by atoms with E-state index in [-0.39, 0.29) is 11.8 Å². The van der Waals surface area contributed by atoms with Crippen LogP contribution in [-0.2, 0) is 4.79 Å². The van der Waals surface area contributed by atoms with Gasteiger partial charge in [0.1, 0.15) is 5.82 Å². The molecule has 0 aliphatic heterocycles. The number of aromatic amines is 1. The number of imidazole rings is 1. The van der Waals surface area contributed by atoms with E-state index in [4.69, 9.17) is 0 Å². The minimum atomic E-state index is -0.0303. The molecule has 1 aliphatic rings. The minimum Gasteiger partial charge on any atom is -0.348 e. The van der Waals surface area contributed by atoms with Gasteiger partial charge < -0.3 is 14.8 Å². The Labute approximate surface area is 143 Å². The van der Waals surface area contributed by atoms with Gasteiger partial charge in [0.2, 0.25) is 5.91 Å². The van der Waals surface area contributed by atoms with Crippen molar-refractivity contribution in [3.05, 3.63) is 54.1 Å². The zero-order chi connectivity index (χ0) is 16.9. The Morgan fingerprint density at radius 1 is 1.25 bits per heavy atom. The van der Waals surface area contributed by atoms with Crippen LogP contribution in [0.25, 0.3) is 0 Å². The van der Waals surface area contributed by atoms with Gasteiger partial charge in [0.05, 0.1) is 5.92 Å². The molecule has 0 saturated heterocycles. The number of carbonyl (C=O) groups is 1. The number of rotatable bonds is 8. The van der Waals surface area contributed by atoms with Gasteiger partial charge >= 0.3 is 0 Å². The number of benzene rings is 1. The van der Waals surface area contributed by atoms with Crippen LogP contribution < -0.4 is 0 Å². The summed E-state index contributed by atoms with van der Waals surface area (Å²) in [5.74, 6) is 0.972. The largest absolute Gasteiger partial charge is 0.348 e. The summed E-state index contributed by atoms with van der Waals surface area (Å²) in [6.45, 7) is 1.70. The number of amides is 1. The molecule has 5 nitrogen and oxygen atoms in total. The topological polar surface area (TPSA) is 52.2 Å². The fourth-order valence-corrected chi connectivity index (χ4v) is 2.99. The number of nitrogens with one attached hydrogen (secondary N) is 1. The monoisotopic (exact) mass is 326 g/mol. The Bertz CT molecular complexity index is 637. The van der Waals surface area contributed by atoms with Crippen molar-refractivity contribution in [2.75, 3.05) is 27.2 Å². The quantitative estimate of drug-likeness (QED) is 0.811. The van der Waals surface area contributed by atoms with Crippen molar-refractivity contribution in [1.82, 2.24) is 19.8 Å². The highest BCUT2D eigenvalue weighted by Crippen LogP contribution is 2.26. The molecular formula is C19H26N4O. The van der Waals surface area contributed by atoms with Crippen LogP contribution in [0.4, 0.5) is 0 Å². The number of hydrogen-bond acceptors (Lipinski definition) is 3. The molecule has 2 aromatic rings. The molecule has 24 heavy (non-hydrogen) atoms. The van der Waals surface area contributed by atoms with E-state index in [0.717, 1.165) is 30.5 Å². The van der Waals surface area contributed by atoms with Crippen molar-refractivity contribution < 1.29 is 4.79 Å². The second-order valence-corrected chi connectivity index (χ2v) is 6.67. The van der Waals surface area contributed by atoms with Gasteiger partial charge in [0.15, 0.2) is 0 Å². The first kappa shape index (κ1) is 16.7. The third-order valence-electron chi connectivity index (χ3n) is 4.81. The Balaban J connectivity index is 1.62. The molecular weight excluding hydrogens is 300 g/mol. The van der Waals surface area contributed by atoms with E-state index < -0.39 is 0 Å². The van der Waals surface area contributed by atoms with Crippen LogP contribution in [0.2, 0.25) is 0 Å². The van der Waals surface area contributed by atoms with Crippen molar-refractivity contribution in [2.45, 2.75) is 31.2 Å². The average molecular weight is 326 g/mol. The van der Waals surface area contributed by atoms with Crippen molar-refractivity contribution >= 4 is 5.91 Å². The molecule has 1 fully saturated rings. The second-order valence-electron chi connectivity index (χ2n) is 6.67. The van der Waals surface area contributed by atoms with Crippen LogP contribution in [0.3, 0.4) is 0 Å². The molecule has 1 saturated carbocycles. The third-order valence-corrected chi connectivity index (χ3v) is 4.81. The Morgan fingerprint density at radius 3 is 2.62 bits per heavy atom. The number of H-pyrrole nitrogens is 1. The second kappa shape index (κ2) is 7.62. The molecule has 1 amide bonds. The lowest BCUT2D eigenvalue weighted by atomic mass is 9.94. The van der Waals surface area contributed by atoms with Crippen molar-refractivity contribution in [2.24, 2.45) is 0 Å². The standard InChI is InChI=1S/C19H26N4O/c1-22(16-8-9-16)12-13-23(2)18(24)14-17(19-20-10-11-21-19)15-6-4-3-5-7-15/h3-7,10-11,16-17H,8-9,12-14H2,1-2H3,(H,20,21)/t17-/m1/s1. The summed E-state index contributed by atoms with van der Waals surface area (Å²) >= 11 is 0. The maximum atomic E-state index is 12.7. The number of nitrogens with zero attached hydrogens (tertiary/aromatic N) is 3. The Morgan fingerprint density at radius 2 is 2.00 bits per heavy atom. The number of carbonyl (C=O) groups excluding carboxylic acids is 1. The van der Waals surface area contributed by atoms with Crippen molar-refractivity contribution in [1.29, 1.82) is 0 Å². The predicted octanol–water partition coefficient (Wildman–Crippen LogP) is 2.48. The van der Waals surface area contributed by atoms with E-state index in [1.165, 1.54) is 12.8 Å². The first-order valence-corrected chi connectivity index (χ1v) is 8.63. The fourth-order valence-electron chi connectivity index (χ4n) is 2.99. The van der Waals surface area contributed by atoms with Gasteiger partial charge in [0.25, 0.3) is 0 Å². The molecule has 1 N–H and O–H groups in total. The number of hydrogen-bond donors (Lipinski definition) is 1. The first-order valence-electron chi connectivity index (χ1n) is 8.63. The summed E-state index contributed by atoms with van der Waals surface area (Å²) in [4.78, 5) is 24.4. The van der Waals surface area contributed by atoms with Gasteiger partial charge in [-0.2, -0.15) is 0 Å². The van der Waals surface area contributed by atoms with Crippen LogP contribution >= 0.6 is 0 Å². The molecule has 0 radical (unpaired) electrons. The first-order chi connectivity index (χ1) is 11.6. The molecule has 1 aromatic heterocycles. The van der Waals surface area contributed by atoms with E-state index in [0.29, 0.717) is 6.42 Å². The minimum absolute atomic E-state index is 0.0303. The van der Waals surface area contributed by atoms with Gasteiger partial charge in [0, 0.05) is 45.0 Å². The number of aromatic nitrogens is 2. The maximum Gasteiger partial charge on any atom is 0.223 e. The van der Waals surface area contributed by atoms with Crippen molar-refractivity contribution in [3.8, 4) is 0 Å². The highest BCUT2D eigenvalue weighted by atomic mass is 16.2. The van der Waals surface area contributed by atoms with Gasteiger partial charge in [-0.25, -0.2) is 4.98 Å². The fraction of sp³-hybridized carbons (Fsp3) is 0.474. The third kappa shape index (κ3) is 4.23. The lowest BCUT2D eigenvalue weighted by molar-refractivity contribution is -0.130. The van der Waals surface area contributed by atoms with Crippen molar-refractivity contribution in [3.63, 3.8) is 0 Å². The molecule has 5 heteroatoms. The summed E-state index contributed by atoms with van der Waals surface area (Å²) in [5.41, 5.74) is 1.12. The average Bonchev–Trinajstić information content (AvgIpc) is 3.33. The van der Waals surface area contributed by atoms with Gasteiger partial charge in [-0.1, -0.05) is 30.3 Å². The molecule has 1 aliphatic carbocycles. The smallest absolute Gasteiger partial charge is 0.223 e. The molecule has 1 atom stereocenters. The highest BCUT2D eigenvalue weighted by Gasteiger charge is 2.27. The van der Waals surface area contributed by atoms with E-state index in [9.17, 15) is 4.79 Å². The zero-order valence-electron chi connectivity index (χ0n) is 14.5. The maximum absolute atomic E-state index is 12.7. The van der Waals surface area contributed by atoms with E-state index >= 15 is 0 Å².